The van der Waals surface area contributed by atoms with Crippen molar-refractivity contribution in [3.63, 3.8) is 0 Å². The highest BCUT2D eigenvalue weighted by Gasteiger charge is 2.29. The molecule has 0 radical (unpaired) electrons. The summed E-state index contributed by atoms with van der Waals surface area (Å²) in [5.74, 6) is -5.91. The van der Waals surface area contributed by atoms with Gasteiger partial charge in [-0.15, -0.1) is 0 Å². The molecule has 0 unspecified atom stereocenters. The number of rotatable bonds is 4. The molecule has 0 atom stereocenters. The van der Waals surface area contributed by atoms with E-state index in [1.807, 2.05) is 36.4 Å². The van der Waals surface area contributed by atoms with Gasteiger partial charge >= 0.3 is 0 Å². The predicted octanol–water partition coefficient (Wildman–Crippen LogP) is 10.4. The third-order valence-electron chi connectivity index (χ3n) is 7.99. The van der Waals surface area contributed by atoms with Crippen molar-refractivity contribution >= 4 is 58.1 Å². The highest BCUT2D eigenvalue weighted by Crippen LogP contribution is 2.41. The molecule has 5 heterocycles. The second kappa shape index (κ2) is 11.7. The van der Waals surface area contributed by atoms with Gasteiger partial charge in [-0.05, 0) is 90.5 Å². The quantitative estimate of drug-likeness (QED) is 0.130. The van der Waals surface area contributed by atoms with Crippen LogP contribution in [0.5, 0.6) is 5.75 Å². The highest BCUT2D eigenvalue weighted by molar-refractivity contribution is 7.99. The van der Waals surface area contributed by atoms with Gasteiger partial charge in [-0.3, -0.25) is 0 Å². The molecular formula is C38H22F4N4OS. The Morgan fingerprint density at radius 3 is 1.67 bits per heavy atom. The van der Waals surface area contributed by atoms with Crippen molar-refractivity contribution in [3.8, 4) is 28.0 Å². The van der Waals surface area contributed by atoms with Gasteiger partial charge in [0.05, 0.1) is 33.2 Å². The average Bonchev–Trinajstić information content (AvgIpc) is 3.92. The van der Waals surface area contributed by atoms with Crippen molar-refractivity contribution in [2.45, 2.75) is 9.79 Å². The van der Waals surface area contributed by atoms with Gasteiger partial charge in [-0.2, -0.15) is 0 Å². The molecule has 5 nitrogen and oxygen atoms in total. The summed E-state index contributed by atoms with van der Waals surface area (Å²) in [5.41, 5.74) is 4.61. The molecule has 0 amide bonds. The Balaban J connectivity index is 1.39. The summed E-state index contributed by atoms with van der Waals surface area (Å²) in [6.45, 7) is 0. The maximum atomic E-state index is 16.0. The first-order valence-corrected chi connectivity index (χ1v) is 15.6. The van der Waals surface area contributed by atoms with E-state index in [2.05, 4.69) is 15.0 Å². The Bertz CT molecular complexity index is 2460. The van der Waals surface area contributed by atoms with Gasteiger partial charge in [0.25, 0.3) is 0 Å². The van der Waals surface area contributed by atoms with Crippen molar-refractivity contribution in [2.75, 3.05) is 0 Å². The summed E-state index contributed by atoms with van der Waals surface area (Å²) in [6.07, 6.45) is 6.90. The minimum absolute atomic E-state index is 0.110. The van der Waals surface area contributed by atoms with Gasteiger partial charge in [0.2, 0.25) is 0 Å². The van der Waals surface area contributed by atoms with E-state index in [0.29, 0.717) is 44.8 Å². The number of phenols is 1. The fourth-order valence-electron chi connectivity index (χ4n) is 5.79. The zero-order valence-electron chi connectivity index (χ0n) is 24.7. The van der Waals surface area contributed by atoms with Gasteiger partial charge in [0.15, 0.2) is 23.3 Å². The highest BCUT2D eigenvalue weighted by atomic mass is 32.2. The number of nitrogens with zero attached hydrogens (tertiary/aromatic N) is 2. The molecule has 0 spiro atoms. The largest absolute Gasteiger partial charge is 0.508 e. The van der Waals surface area contributed by atoms with E-state index in [1.54, 1.807) is 78.9 Å². The zero-order valence-corrected chi connectivity index (χ0v) is 25.5. The number of aromatic amines is 2. The van der Waals surface area contributed by atoms with Crippen LogP contribution in [0.25, 0.3) is 68.6 Å². The number of hydrogen-bond donors (Lipinski definition) is 3. The fourth-order valence-corrected chi connectivity index (χ4v) is 6.68. The van der Waals surface area contributed by atoms with Crippen molar-refractivity contribution in [3.05, 3.63) is 137 Å². The van der Waals surface area contributed by atoms with E-state index >= 15 is 17.6 Å². The number of aromatic nitrogens is 4. The fraction of sp³-hybridized carbons (Fsp3) is 0. The first-order chi connectivity index (χ1) is 23.3. The summed E-state index contributed by atoms with van der Waals surface area (Å²) in [6, 6.07) is 25.6. The number of fused-ring (bicyclic) bond motifs is 8. The van der Waals surface area contributed by atoms with Crippen LogP contribution < -0.4 is 0 Å². The number of H-pyrrole nitrogens is 2. The van der Waals surface area contributed by atoms with E-state index in [0.717, 1.165) is 16.6 Å². The van der Waals surface area contributed by atoms with Crippen LogP contribution in [0.1, 0.15) is 22.8 Å². The molecule has 10 heteroatoms. The molecule has 3 aromatic heterocycles. The Labute approximate surface area is 275 Å². The number of hydrogen-bond acceptors (Lipinski definition) is 4. The van der Waals surface area contributed by atoms with E-state index in [1.165, 1.54) is 0 Å². The van der Waals surface area contributed by atoms with E-state index in [4.69, 9.17) is 4.98 Å². The van der Waals surface area contributed by atoms with Crippen molar-refractivity contribution in [2.24, 2.45) is 0 Å². The standard InChI is InChI=1S/C38H22F4N4OS/c39-34-33(35(40)37(42)38(36(34)41)48-26-4-2-1-3-5-26)32-29-16-10-23(45-29)18-21-8-14-27(43-21)31(20-6-12-25(47)13-7-20)28-15-9-22(44-28)19-24-11-17-30(32)46-24/h1-19,43,46-47H. The first-order valence-electron chi connectivity index (χ1n) is 14.8. The average molecular weight is 659 g/mol. The molecule has 48 heavy (non-hydrogen) atoms. The minimum Gasteiger partial charge on any atom is -0.508 e. The molecule has 3 N–H and O–H groups in total. The molecule has 6 aromatic rings. The lowest BCUT2D eigenvalue weighted by molar-refractivity contribution is 0.430. The first kappa shape index (κ1) is 29.5. The number of benzene rings is 3. The topological polar surface area (TPSA) is 77.6 Å². The Morgan fingerprint density at radius 1 is 0.542 bits per heavy atom. The third-order valence-corrected chi connectivity index (χ3v) is 9.06. The smallest absolute Gasteiger partial charge is 0.176 e. The zero-order chi connectivity index (χ0) is 32.9. The molecular weight excluding hydrogens is 637 g/mol. The number of aromatic hydroxyl groups is 1. The van der Waals surface area contributed by atoms with Gasteiger partial charge in [0, 0.05) is 38.1 Å². The number of halogens is 4. The van der Waals surface area contributed by atoms with Gasteiger partial charge in [-0.1, -0.05) is 42.1 Å². The second-order valence-electron chi connectivity index (χ2n) is 11.1. The molecule has 2 aliphatic rings. The second-order valence-corrected chi connectivity index (χ2v) is 12.2. The lowest BCUT2D eigenvalue weighted by Gasteiger charge is -2.13. The molecule has 234 valence electrons. The lowest BCUT2D eigenvalue weighted by atomic mass is 10.0. The molecule has 0 saturated carbocycles. The normalized spacial score (nSPS) is 12.2. The van der Waals surface area contributed by atoms with Crippen LogP contribution in [0.2, 0.25) is 0 Å². The maximum Gasteiger partial charge on any atom is 0.176 e. The summed E-state index contributed by atoms with van der Waals surface area (Å²) >= 11 is 0.603. The predicted molar refractivity (Wildman–Crippen MR) is 182 cm³/mol. The number of phenolic OH excluding ortho intramolecular Hbond substituents is 1. The summed E-state index contributed by atoms with van der Waals surface area (Å²) < 4.78 is 63.2. The molecule has 8 rings (SSSR count). The van der Waals surface area contributed by atoms with Gasteiger partial charge < -0.3 is 15.1 Å². The molecule has 0 fully saturated rings. The van der Waals surface area contributed by atoms with Crippen molar-refractivity contribution in [1.82, 2.24) is 19.9 Å². The molecule has 8 bridgehead atoms. The summed E-state index contributed by atoms with van der Waals surface area (Å²) in [4.78, 5) is 15.6. The molecule has 0 saturated heterocycles. The SMILES string of the molecule is Oc1ccc(-c2c3nc(cc4ccc([nH]4)c(-c4c(F)c(F)c(Sc5ccccc5)c(F)c4F)c4nc(cc5ccc2[nH]5)C=C4)C=C3)cc1. The molecule has 3 aromatic carbocycles. The Kier molecular flexibility index (Phi) is 7.22. The van der Waals surface area contributed by atoms with Crippen LogP contribution in [0, 0.1) is 23.3 Å². The lowest BCUT2D eigenvalue weighted by Crippen LogP contribution is -2.04. The summed E-state index contributed by atoms with van der Waals surface area (Å²) in [5, 5.41) is 9.88. The third kappa shape index (κ3) is 5.26. The van der Waals surface area contributed by atoms with Gasteiger partial charge in [0.1, 0.15) is 5.75 Å². The van der Waals surface area contributed by atoms with Crippen molar-refractivity contribution in [1.29, 1.82) is 0 Å². The van der Waals surface area contributed by atoms with Gasteiger partial charge in [-0.25, -0.2) is 27.5 Å². The maximum absolute atomic E-state index is 16.0. The van der Waals surface area contributed by atoms with Crippen LogP contribution in [0.15, 0.2) is 101 Å². The molecule has 2 aliphatic heterocycles. The van der Waals surface area contributed by atoms with Crippen LogP contribution in [-0.4, -0.2) is 25.0 Å². The minimum atomic E-state index is -1.53. The van der Waals surface area contributed by atoms with Crippen LogP contribution in [0.4, 0.5) is 17.6 Å². The van der Waals surface area contributed by atoms with E-state index < -0.39 is 33.7 Å². The van der Waals surface area contributed by atoms with Crippen molar-refractivity contribution < 1.29 is 22.7 Å². The van der Waals surface area contributed by atoms with E-state index in [9.17, 15) is 5.11 Å². The Morgan fingerprint density at radius 2 is 1.08 bits per heavy atom. The summed E-state index contributed by atoms with van der Waals surface area (Å²) in [7, 11) is 0. The molecule has 0 aliphatic carbocycles. The van der Waals surface area contributed by atoms with E-state index in [-0.39, 0.29) is 22.5 Å². The Hall–Kier alpha value is -5.87. The van der Waals surface area contributed by atoms with Crippen LogP contribution >= 0.6 is 11.8 Å². The van der Waals surface area contributed by atoms with Crippen LogP contribution in [0.3, 0.4) is 0 Å². The number of nitrogens with one attached hydrogen (secondary N) is 2. The van der Waals surface area contributed by atoms with Crippen LogP contribution in [-0.2, 0) is 0 Å². The monoisotopic (exact) mass is 658 g/mol.